The molecule has 5 nitrogen and oxygen atoms in total. The molecule has 4 rings (SSSR count). The number of ether oxygens (including phenoxy) is 1. The maximum atomic E-state index is 10.9. The molecule has 3 heterocycles. The van der Waals surface area contributed by atoms with E-state index in [1.54, 1.807) is 12.4 Å². The summed E-state index contributed by atoms with van der Waals surface area (Å²) in [5.74, 6) is 0.265. The van der Waals surface area contributed by atoms with Crippen LogP contribution in [-0.4, -0.2) is 41.4 Å². The number of hydrogen-bond acceptors (Lipinski definition) is 4. The molecule has 122 valence electrons. The van der Waals surface area contributed by atoms with Crippen LogP contribution in [0.25, 0.3) is 10.9 Å². The van der Waals surface area contributed by atoms with E-state index in [4.69, 9.17) is 4.74 Å². The lowest BCUT2D eigenvalue weighted by molar-refractivity contribution is -0.933. The topological polar surface area (TPSA) is 59.7 Å². The Morgan fingerprint density at radius 1 is 1.04 bits per heavy atom. The Kier molecular flexibility index (Phi) is 4.11. The zero-order valence-electron chi connectivity index (χ0n) is 13.4. The molecule has 1 saturated heterocycles. The summed E-state index contributed by atoms with van der Waals surface area (Å²) >= 11 is 0. The molecule has 0 spiro atoms. The van der Waals surface area contributed by atoms with Gasteiger partial charge in [0.1, 0.15) is 24.6 Å². The first-order valence-corrected chi connectivity index (χ1v) is 8.23. The van der Waals surface area contributed by atoms with E-state index in [1.807, 2.05) is 36.5 Å². The number of morpholine rings is 1. The first kappa shape index (κ1) is 15.1. The Balaban J connectivity index is 1.85. The van der Waals surface area contributed by atoms with Gasteiger partial charge in [0.05, 0.1) is 18.8 Å². The van der Waals surface area contributed by atoms with E-state index in [1.165, 1.54) is 4.90 Å². The van der Waals surface area contributed by atoms with Crippen LogP contribution in [0.1, 0.15) is 17.2 Å². The van der Waals surface area contributed by atoms with Crippen LogP contribution < -0.4 is 4.90 Å². The van der Waals surface area contributed by atoms with Crippen molar-refractivity contribution in [3.05, 3.63) is 66.1 Å². The van der Waals surface area contributed by atoms with Crippen molar-refractivity contribution in [3.8, 4) is 5.75 Å². The molecule has 0 saturated carbocycles. The Labute approximate surface area is 140 Å². The maximum Gasteiger partial charge on any atom is 0.151 e. The van der Waals surface area contributed by atoms with E-state index in [0.717, 1.165) is 42.8 Å². The summed E-state index contributed by atoms with van der Waals surface area (Å²) in [5.41, 5.74) is 2.64. The van der Waals surface area contributed by atoms with Gasteiger partial charge in [0, 0.05) is 29.5 Å². The van der Waals surface area contributed by atoms with Crippen molar-refractivity contribution in [1.29, 1.82) is 0 Å². The minimum Gasteiger partial charge on any atom is -0.505 e. The van der Waals surface area contributed by atoms with Gasteiger partial charge in [-0.3, -0.25) is 9.97 Å². The third-order valence-electron chi connectivity index (χ3n) is 4.65. The van der Waals surface area contributed by atoms with Crippen molar-refractivity contribution in [1.82, 2.24) is 9.97 Å². The van der Waals surface area contributed by atoms with E-state index >= 15 is 0 Å². The van der Waals surface area contributed by atoms with Crippen molar-refractivity contribution < 1.29 is 14.7 Å². The highest BCUT2D eigenvalue weighted by atomic mass is 16.5. The number of nitrogens with one attached hydrogen (secondary N) is 1. The van der Waals surface area contributed by atoms with E-state index in [2.05, 4.69) is 16.0 Å². The molecule has 1 atom stereocenters. The summed E-state index contributed by atoms with van der Waals surface area (Å²) in [7, 11) is 0. The largest absolute Gasteiger partial charge is 0.505 e. The van der Waals surface area contributed by atoms with Gasteiger partial charge >= 0.3 is 0 Å². The van der Waals surface area contributed by atoms with E-state index in [-0.39, 0.29) is 11.8 Å². The number of aromatic nitrogens is 2. The number of pyridine rings is 2. The second kappa shape index (κ2) is 6.55. The number of rotatable bonds is 3. The van der Waals surface area contributed by atoms with Crippen molar-refractivity contribution >= 4 is 10.9 Å². The SMILES string of the molecule is Oc1c([C@@H](c2cccnc2)[NH+]2CCOCC2)ccc2cccnc12. The molecular weight excluding hydrogens is 302 g/mol. The Bertz CT molecular complexity index is 832. The lowest BCUT2D eigenvalue weighted by Gasteiger charge is -2.32. The summed E-state index contributed by atoms with van der Waals surface area (Å²) in [5, 5.41) is 11.8. The molecule has 2 aromatic heterocycles. The van der Waals surface area contributed by atoms with Crippen LogP contribution >= 0.6 is 0 Å². The Hall–Kier alpha value is -2.50. The molecular formula is C19H20N3O2+. The van der Waals surface area contributed by atoms with Crippen LogP contribution in [0.3, 0.4) is 0 Å². The van der Waals surface area contributed by atoms with Gasteiger partial charge in [0.15, 0.2) is 5.75 Å². The summed E-state index contributed by atoms with van der Waals surface area (Å²) in [4.78, 5) is 10.0. The quantitative estimate of drug-likeness (QED) is 0.764. The highest BCUT2D eigenvalue weighted by Gasteiger charge is 2.31. The molecule has 0 aliphatic carbocycles. The number of benzene rings is 1. The number of nitrogens with zero attached hydrogens (tertiary/aromatic N) is 2. The van der Waals surface area contributed by atoms with Crippen LogP contribution in [0.15, 0.2) is 55.0 Å². The predicted octanol–water partition coefficient (Wildman–Crippen LogP) is 1.34. The first-order valence-electron chi connectivity index (χ1n) is 8.23. The third kappa shape index (κ3) is 2.72. The molecule has 0 unspecified atom stereocenters. The first-order chi connectivity index (χ1) is 11.8. The monoisotopic (exact) mass is 322 g/mol. The molecule has 2 N–H and O–H groups in total. The molecule has 1 aromatic carbocycles. The fraction of sp³-hybridized carbons (Fsp3) is 0.263. The lowest BCUT2D eigenvalue weighted by Crippen LogP contribution is -3.14. The van der Waals surface area contributed by atoms with E-state index in [9.17, 15) is 5.11 Å². The van der Waals surface area contributed by atoms with Gasteiger partial charge in [-0.1, -0.05) is 12.1 Å². The Morgan fingerprint density at radius 2 is 1.88 bits per heavy atom. The minimum atomic E-state index is 0.0222. The van der Waals surface area contributed by atoms with Crippen LogP contribution in [0, 0.1) is 0 Å². The normalized spacial score (nSPS) is 17.0. The summed E-state index contributed by atoms with van der Waals surface area (Å²) in [6.07, 6.45) is 5.37. The van der Waals surface area contributed by atoms with Crippen molar-refractivity contribution in [2.75, 3.05) is 26.3 Å². The number of phenolic OH excluding ortho intramolecular Hbond substituents is 1. The summed E-state index contributed by atoms with van der Waals surface area (Å²) < 4.78 is 5.51. The number of fused-ring (bicyclic) bond motifs is 1. The fourth-order valence-corrected chi connectivity index (χ4v) is 3.48. The van der Waals surface area contributed by atoms with Crippen LogP contribution in [0.4, 0.5) is 0 Å². The molecule has 3 aromatic rings. The van der Waals surface area contributed by atoms with Crippen molar-refractivity contribution in [2.45, 2.75) is 6.04 Å². The van der Waals surface area contributed by atoms with Gasteiger partial charge in [-0.2, -0.15) is 0 Å². The standard InChI is InChI=1S/C19H19N3O2/c23-19-16(6-5-14-3-2-8-21-17(14)19)18(15-4-1-7-20-13-15)22-9-11-24-12-10-22/h1-8,13,18,23H,9-12H2/p+1/t18-/m1/s1. The zero-order valence-corrected chi connectivity index (χ0v) is 13.4. The second-order valence-corrected chi connectivity index (χ2v) is 6.07. The van der Waals surface area contributed by atoms with Gasteiger partial charge in [-0.05, 0) is 24.3 Å². The van der Waals surface area contributed by atoms with Gasteiger partial charge in [-0.15, -0.1) is 0 Å². The average molecular weight is 322 g/mol. The molecule has 1 fully saturated rings. The van der Waals surface area contributed by atoms with Gasteiger partial charge in [0.2, 0.25) is 0 Å². The number of quaternary nitrogens is 1. The molecule has 1 aliphatic heterocycles. The van der Waals surface area contributed by atoms with Crippen molar-refractivity contribution in [3.63, 3.8) is 0 Å². The average Bonchev–Trinajstić information content (AvgIpc) is 2.66. The number of phenols is 1. The highest BCUT2D eigenvalue weighted by Crippen LogP contribution is 2.32. The van der Waals surface area contributed by atoms with Crippen LogP contribution in [0.2, 0.25) is 0 Å². The minimum absolute atomic E-state index is 0.0222. The van der Waals surface area contributed by atoms with E-state index in [0.29, 0.717) is 5.52 Å². The van der Waals surface area contributed by atoms with Crippen molar-refractivity contribution in [2.24, 2.45) is 0 Å². The molecule has 0 bridgehead atoms. The van der Waals surface area contributed by atoms with Crippen LogP contribution in [0.5, 0.6) is 5.75 Å². The van der Waals surface area contributed by atoms with Crippen LogP contribution in [-0.2, 0) is 4.74 Å². The number of hydrogen-bond donors (Lipinski definition) is 2. The third-order valence-corrected chi connectivity index (χ3v) is 4.65. The van der Waals surface area contributed by atoms with Gasteiger partial charge < -0.3 is 14.7 Å². The molecule has 0 amide bonds. The maximum absolute atomic E-state index is 10.9. The van der Waals surface area contributed by atoms with E-state index < -0.39 is 0 Å². The predicted molar refractivity (Wildman–Crippen MR) is 91.0 cm³/mol. The summed E-state index contributed by atoms with van der Waals surface area (Å²) in [6, 6.07) is 11.9. The molecule has 0 radical (unpaired) electrons. The molecule has 1 aliphatic rings. The molecule has 24 heavy (non-hydrogen) atoms. The summed E-state index contributed by atoms with van der Waals surface area (Å²) in [6.45, 7) is 3.27. The lowest BCUT2D eigenvalue weighted by atomic mass is 9.95. The Morgan fingerprint density at radius 3 is 2.67 bits per heavy atom. The smallest absolute Gasteiger partial charge is 0.151 e. The van der Waals surface area contributed by atoms with Gasteiger partial charge in [0.25, 0.3) is 0 Å². The zero-order chi connectivity index (χ0) is 16.4. The fourth-order valence-electron chi connectivity index (χ4n) is 3.48. The van der Waals surface area contributed by atoms with Gasteiger partial charge in [-0.25, -0.2) is 0 Å². The number of aromatic hydroxyl groups is 1. The second-order valence-electron chi connectivity index (χ2n) is 6.07. The molecule has 5 heteroatoms. The highest BCUT2D eigenvalue weighted by molar-refractivity contribution is 5.85.